The SMILES string of the molecule is CC1(C(=O)O)CC(C(=O)O)=CC=C1I. The van der Waals surface area contributed by atoms with E-state index in [9.17, 15) is 9.59 Å². The summed E-state index contributed by atoms with van der Waals surface area (Å²) in [7, 11) is 0. The molecule has 1 unspecified atom stereocenters. The Labute approximate surface area is 94.4 Å². The van der Waals surface area contributed by atoms with Crippen molar-refractivity contribution in [3.05, 3.63) is 21.3 Å². The van der Waals surface area contributed by atoms with Gasteiger partial charge >= 0.3 is 11.9 Å². The van der Waals surface area contributed by atoms with Gasteiger partial charge in [0.2, 0.25) is 0 Å². The fourth-order valence-electron chi connectivity index (χ4n) is 1.21. The van der Waals surface area contributed by atoms with Crippen LogP contribution in [0.15, 0.2) is 21.3 Å². The minimum Gasteiger partial charge on any atom is -0.481 e. The average Bonchev–Trinajstić information content (AvgIpc) is 2.09. The number of allylic oxidation sites excluding steroid dienone is 2. The summed E-state index contributed by atoms with van der Waals surface area (Å²) in [6, 6.07) is 0. The number of carbonyl (C=O) groups is 2. The second-order valence-electron chi connectivity index (χ2n) is 3.33. The van der Waals surface area contributed by atoms with Gasteiger partial charge in [0.05, 0.1) is 5.41 Å². The molecule has 0 heterocycles. The maximum atomic E-state index is 11.0. The van der Waals surface area contributed by atoms with Crippen LogP contribution >= 0.6 is 22.6 Å². The second kappa shape index (κ2) is 3.72. The van der Waals surface area contributed by atoms with Gasteiger partial charge in [0.15, 0.2) is 0 Å². The minimum atomic E-state index is -1.09. The zero-order chi connectivity index (χ0) is 10.9. The molecule has 0 saturated heterocycles. The third kappa shape index (κ3) is 1.82. The summed E-state index contributed by atoms with van der Waals surface area (Å²) >= 11 is 1.93. The quantitative estimate of drug-likeness (QED) is 0.763. The zero-order valence-corrected chi connectivity index (χ0v) is 9.61. The predicted molar refractivity (Wildman–Crippen MR) is 58.2 cm³/mol. The molecule has 0 spiro atoms. The molecule has 4 nitrogen and oxygen atoms in total. The Morgan fingerprint density at radius 1 is 1.43 bits per heavy atom. The summed E-state index contributed by atoms with van der Waals surface area (Å²) in [5, 5.41) is 17.7. The Morgan fingerprint density at radius 3 is 2.43 bits per heavy atom. The van der Waals surface area contributed by atoms with Gasteiger partial charge in [-0.25, -0.2) is 4.79 Å². The maximum Gasteiger partial charge on any atom is 0.331 e. The van der Waals surface area contributed by atoms with E-state index >= 15 is 0 Å². The average molecular weight is 308 g/mol. The first-order valence-electron chi connectivity index (χ1n) is 3.91. The lowest BCUT2D eigenvalue weighted by atomic mass is 9.80. The highest BCUT2D eigenvalue weighted by atomic mass is 127. The van der Waals surface area contributed by atoms with Crippen LogP contribution in [-0.4, -0.2) is 22.2 Å². The first-order chi connectivity index (χ1) is 6.38. The van der Waals surface area contributed by atoms with E-state index in [2.05, 4.69) is 0 Å². The van der Waals surface area contributed by atoms with Crippen LogP contribution in [0.4, 0.5) is 0 Å². The van der Waals surface area contributed by atoms with Gasteiger partial charge in [-0.2, -0.15) is 0 Å². The molecule has 0 aromatic heterocycles. The van der Waals surface area contributed by atoms with Crippen molar-refractivity contribution in [1.29, 1.82) is 0 Å². The van der Waals surface area contributed by atoms with Crippen molar-refractivity contribution in [2.24, 2.45) is 5.41 Å². The molecule has 0 aromatic carbocycles. The molecular formula is C9H9IO4. The molecule has 1 atom stereocenters. The maximum absolute atomic E-state index is 11.0. The van der Waals surface area contributed by atoms with E-state index in [0.29, 0.717) is 3.58 Å². The summed E-state index contributed by atoms with van der Waals surface area (Å²) in [5.74, 6) is -2.05. The Hall–Kier alpha value is -0.850. The Bertz CT molecular complexity index is 356. The van der Waals surface area contributed by atoms with Crippen molar-refractivity contribution >= 4 is 34.5 Å². The Morgan fingerprint density at radius 2 is 2.00 bits per heavy atom. The molecular weight excluding hydrogens is 299 g/mol. The van der Waals surface area contributed by atoms with Gasteiger partial charge in [-0.3, -0.25) is 4.79 Å². The van der Waals surface area contributed by atoms with Crippen molar-refractivity contribution in [3.8, 4) is 0 Å². The van der Waals surface area contributed by atoms with Crippen LogP contribution in [0.3, 0.4) is 0 Å². The van der Waals surface area contributed by atoms with Gasteiger partial charge in [0.1, 0.15) is 0 Å². The molecule has 0 saturated carbocycles. The molecule has 0 radical (unpaired) electrons. The molecule has 0 aromatic rings. The van der Waals surface area contributed by atoms with Gasteiger partial charge in [-0.15, -0.1) is 0 Å². The summed E-state index contributed by atoms with van der Waals surface area (Å²) in [6.07, 6.45) is 3.03. The molecule has 1 aliphatic carbocycles. The molecule has 2 N–H and O–H groups in total. The van der Waals surface area contributed by atoms with Crippen LogP contribution in [0.2, 0.25) is 0 Å². The third-order valence-electron chi connectivity index (χ3n) is 2.25. The van der Waals surface area contributed by atoms with Crippen molar-refractivity contribution in [3.63, 3.8) is 0 Å². The highest BCUT2D eigenvalue weighted by Gasteiger charge is 2.39. The first-order valence-corrected chi connectivity index (χ1v) is 4.99. The molecule has 0 fully saturated rings. The third-order valence-corrected chi connectivity index (χ3v) is 3.80. The monoisotopic (exact) mass is 308 g/mol. The van der Waals surface area contributed by atoms with E-state index in [0.717, 1.165) is 0 Å². The van der Waals surface area contributed by atoms with Gasteiger partial charge in [0, 0.05) is 9.15 Å². The van der Waals surface area contributed by atoms with Crippen LogP contribution in [-0.2, 0) is 9.59 Å². The van der Waals surface area contributed by atoms with Crippen molar-refractivity contribution in [2.45, 2.75) is 13.3 Å². The molecule has 1 rings (SSSR count). The van der Waals surface area contributed by atoms with Gasteiger partial charge in [-0.1, -0.05) is 12.2 Å². The Balaban J connectivity index is 3.09. The molecule has 0 bridgehead atoms. The van der Waals surface area contributed by atoms with E-state index in [1.807, 2.05) is 22.6 Å². The highest BCUT2D eigenvalue weighted by molar-refractivity contribution is 14.1. The summed E-state index contributed by atoms with van der Waals surface area (Å²) < 4.78 is 0.646. The lowest BCUT2D eigenvalue weighted by Crippen LogP contribution is -2.31. The lowest BCUT2D eigenvalue weighted by Gasteiger charge is -2.27. The van der Waals surface area contributed by atoms with E-state index < -0.39 is 17.4 Å². The van der Waals surface area contributed by atoms with Crippen LogP contribution in [0.25, 0.3) is 0 Å². The zero-order valence-electron chi connectivity index (χ0n) is 7.45. The summed E-state index contributed by atoms with van der Waals surface area (Å²) in [5.41, 5.74) is -0.960. The van der Waals surface area contributed by atoms with Gasteiger partial charge < -0.3 is 10.2 Å². The van der Waals surface area contributed by atoms with Gasteiger partial charge in [-0.05, 0) is 35.9 Å². The number of carboxylic acids is 2. The number of hydrogen-bond donors (Lipinski definition) is 2. The van der Waals surface area contributed by atoms with E-state index in [1.54, 1.807) is 6.08 Å². The molecule has 5 heteroatoms. The van der Waals surface area contributed by atoms with Crippen molar-refractivity contribution in [1.82, 2.24) is 0 Å². The van der Waals surface area contributed by atoms with Crippen LogP contribution in [0.1, 0.15) is 13.3 Å². The summed E-state index contributed by atoms with van der Waals surface area (Å²) in [6.45, 7) is 1.53. The fourth-order valence-corrected chi connectivity index (χ4v) is 1.81. The van der Waals surface area contributed by atoms with Crippen LogP contribution in [0, 0.1) is 5.41 Å². The van der Waals surface area contributed by atoms with E-state index in [1.165, 1.54) is 13.0 Å². The standard InChI is InChI=1S/C9H9IO4/c1-9(8(13)14)4-5(7(11)12)2-3-6(9)10/h2-3H,4H2,1H3,(H,11,12)(H,13,14). The number of aliphatic carboxylic acids is 2. The van der Waals surface area contributed by atoms with Crippen LogP contribution < -0.4 is 0 Å². The van der Waals surface area contributed by atoms with Crippen LogP contribution in [0.5, 0.6) is 0 Å². The van der Waals surface area contributed by atoms with Crippen molar-refractivity contribution < 1.29 is 19.8 Å². The normalized spacial score (nSPS) is 26.4. The van der Waals surface area contributed by atoms with E-state index in [-0.39, 0.29) is 12.0 Å². The summed E-state index contributed by atoms with van der Waals surface area (Å²) in [4.78, 5) is 21.7. The smallest absolute Gasteiger partial charge is 0.331 e. The minimum absolute atomic E-state index is 0.0342. The lowest BCUT2D eigenvalue weighted by molar-refractivity contribution is -0.145. The number of carboxylic acid groups (broad SMARTS) is 2. The molecule has 76 valence electrons. The molecule has 0 amide bonds. The fraction of sp³-hybridized carbons (Fsp3) is 0.333. The predicted octanol–water partition coefficient (Wildman–Crippen LogP) is 1.81. The highest BCUT2D eigenvalue weighted by Crippen LogP contribution is 2.41. The topological polar surface area (TPSA) is 74.6 Å². The first kappa shape index (κ1) is 11.2. The number of rotatable bonds is 2. The second-order valence-corrected chi connectivity index (χ2v) is 4.49. The molecule has 14 heavy (non-hydrogen) atoms. The van der Waals surface area contributed by atoms with Crippen molar-refractivity contribution in [2.75, 3.05) is 0 Å². The van der Waals surface area contributed by atoms with Gasteiger partial charge in [0.25, 0.3) is 0 Å². The largest absolute Gasteiger partial charge is 0.481 e. The number of halogens is 1. The van der Waals surface area contributed by atoms with E-state index in [4.69, 9.17) is 10.2 Å². The molecule has 1 aliphatic rings. The Kier molecular flexibility index (Phi) is 2.98. The molecule has 0 aliphatic heterocycles. The number of hydrogen-bond acceptors (Lipinski definition) is 2.